The zero-order valence-electron chi connectivity index (χ0n) is 11.3. The average Bonchev–Trinajstić information content (AvgIpc) is 2.37. The van der Waals surface area contributed by atoms with Crippen LogP contribution in [-0.2, 0) is 14.6 Å². The van der Waals surface area contributed by atoms with Gasteiger partial charge in [0.15, 0.2) is 15.7 Å². The number of carboxylic acids is 1. The molecule has 0 bridgehead atoms. The minimum Gasteiger partial charge on any atom is -0.478 e. The molecular formula is C12H13ClFNO5S. The van der Waals surface area contributed by atoms with Gasteiger partial charge in [-0.15, -0.1) is 0 Å². The van der Waals surface area contributed by atoms with Gasteiger partial charge >= 0.3 is 5.97 Å². The average molecular weight is 338 g/mol. The van der Waals surface area contributed by atoms with E-state index in [1.54, 1.807) is 0 Å². The Morgan fingerprint density at radius 2 is 1.90 bits per heavy atom. The zero-order chi connectivity index (χ0) is 16.4. The molecular weight excluding hydrogens is 325 g/mol. The Bertz CT molecular complexity index is 687. The minimum absolute atomic E-state index is 0.216. The summed E-state index contributed by atoms with van der Waals surface area (Å²) in [7, 11) is -1.26. The van der Waals surface area contributed by atoms with Crippen LogP contribution in [0.15, 0.2) is 17.0 Å². The lowest BCUT2D eigenvalue weighted by Gasteiger charge is -2.11. The molecule has 1 rings (SSSR count). The van der Waals surface area contributed by atoms with Gasteiger partial charge in [0.1, 0.15) is 4.90 Å². The second kappa shape index (κ2) is 6.40. The number of benzene rings is 1. The Labute approximate surface area is 126 Å². The monoisotopic (exact) mass is 337 g/mol. The quantitative estimate of drug-likeness (QED) is 0.877. The molecule has 21 heavy (non-hydrogen) atoms. The number of sulfone groups is 1. The summed E-state index contributed by atoms with van der Waals surface area (Å²) in [6.07, 6.45) is -0.344. The summed E-state index contributed by atoms with van der Waals surface area (Å²) in [4.78, 5) is 22.6. The van der Waals surface area contributed by atoms with Crippen molar-refractivity contribution in [3.63, 3.8) is 0 Å². The van der Waals surface area contributed by atoms with Gasteiger partial charge in [-0.25, -0.2) is 17.6 Å². The smallest absolute Gasteiger partial charge is 0.338 e. The largest absolute Gasteiger partial charge is 0.478 e. The maximum atomic E-state index is 14.0. The van der Waals surface area contributed by atoms with Crippen LogP contribution in [0.4, 0.5) is 4.39 Å². The first kappa shape index (κ1) is 17.4. The predicted octanol–water partition coefficient (Wildman–Crippen LogP) is 1.43. The molecule has 0 radical (unpaired) electrons. The molecule has 0 aliphatic carbocycles. The molecule has 9 heteroatoms. The third kappa shape index (κ3) is 4.15. The maximum absolute atomic E-state index is 14.0. The van der Waals surface area contributed by atoms with Gasteiger partial charge in [0.25, 0.3) is 0 Å². The van der Waals surface area contributed by atoms with E-state index >= 15 is 0 Å². The Morgan fingerprint density at radius 1 is 1.33 bits per heavy atom. The van der Waals surface area contributed by atoms with Crippen LogP contribution < -0.4 is 0 Å². The SMILES string of the molecule is CN(C)C(=O)CCS(=O)(=O)c1cc(Cl)cc(C(=O)O)c1F. The summed E-state index contributed by atoms with van der Waals surface area (Å²) in [6.45, 7) is 0. The highest BCUT2D eigenvalue weighted by Crippen LogP contribution is 2.25. The van der Waals surface area contributed by atoms with E-state index in [0.717, 1.165) is 12.1 Å². The minimum atomic E-state index is -4.17. The number of hydrogen-bond acceptors (Lipinski definition) is 4. The Hall–Kier alpha value is -1.67. The molecule has 1 aromatic carbocycles. The summed E-state index contributed by atoms with van der Waals surface area (Å²) in [5, 5.41) is 8.60. The highest BCUT2D eigenvalue weighted by Gasteiger charge is 2.26. The van der Waals surface area contributed by atoms with Crippen molar-refractivity contribution in [2.24, 2.45) is 0 Å². The van der Waals surface area contributed by atoms with Crippen LogP contribution in [0, 0.1) is 5.82 Å². The molecule has 0 heterocycles. The molecule has 0 unspecified atom stereocenters. The summed E-state index contributed by atoms with van der Waals surface area (Å²) in [5.74, 6) is -4.10. The molecule has 0 fully saturated rings. The van der Waals surface area contributed by atoms with E-state index in [4.69, 9.17) is 16.7 Å². The van der Waals surface area contributed by atoms with Gasteiger partial charge < -0.3 is 10.0 Å². The third-order valence-corrected chi connectivity index (χ3v) is 4.58. The molecule has 0 aromatic heterocycles. The van der Waals surface area contributed by atoms with Gasteiger partial charge in [-0.1, -0.05) is 11.6 Å². The second-order valence-electron chi connectivity index (χ2n) is 4.43. The van der Waals surface area contributed by atoms with Crippen molar-refractivity contribution in [3.8, 4) is 0 Å². The number of carboxylic acid groups (broad SMARTS) is 1. The lowest BCUT2D eigenvalue weighted by atomic mass is 10.2. The Morgan fingerprint density at radius 3 is 2.38 bits per heavy atom. The maximum Gasteiger partial charge on any atom is 0.338 e. The van der Waals surface area contributed by atoms with Crippen molar-refractivity contribution in [1.29, 1.82) is 0 Å². The molecule has 1 aromatic rings. The summed E-state index contributed by atoms with van der Waals surface area (Å²) >= 11 is 5.62. The number of aromatic carboxylic acids is 1. The molecule has 0 aliphatic heterocycles. The number of nitrogens with zero attached hydrogens (tertiary/aromatic N) is 1. The first-order chi connectivity index (χ1) is 9.56. The number of carbonyl (C=O) groups excluding carboxylic acids is 1. The molecule has 1 amide bonds. The van der Waals surface area contributed by atoms with Crippen molar-refractivity contribution in [1.82, 2.24) is 4.90 Å². The molecule has 1 N–H and O–H groups in total. The van der Waals surface area contributed by atoms with Crippen LogP contribution in [-0.4, -0.2) is 50.1 Å². The van der Waals surface area contributed by atoms with Crippen molar-refractivity contribution in [2.45, 2.75) is 11.3 Å². The van der Waals surface area contributed by atoms with E-state index in [0.29, 0.717) is 0 Å². The lowest BCUT2D eigenvalue weighted by molar-refractivity contribution is -0.128. The van der Waals surface area contributed by atoms with Crippen LogP contribution in [0.1, 0.15) is 16.8 Å². The number of halogens is 2. The van der Waals surface area contributed by atoms with Crippen molar-refractivity contribution in [3.05, 3.63) is 28.5 Å². The first-order valence-electron chi connectivity index (χ1n) is 5.71. The molecule has 0 saturated heterocycles. The standard InChI is InChI=1S/C12H13ClFNO5S/c1-15(2)10(16)3-4-21(19,20)9-6-7(13)5-8(11(9)14)12(17)18/h5-6H,3-4H2,1-2H3,(H,17,18). The Kier molecular flexibility index (Phi) is 5.30. The van der Waals surface area contributed by atoms with Crippen LogP contribution in [0.25, 0.3) is 0 Å². The molecule has 0 atom stereocenters. The molecule has 6 nitrogen and oxygen atoms in total. The van der Waals surface area contributed by atoms with Gasteiger partial charge in [0.05, 0.1) is 11.3 Å². The number of amides is 1. The van der Waals surface area contributed by atoms with Crippen molar-refractivity contribution >= 4 is 33.3 Å². The molecule has 116 valence electrons. The van der Waals surface area contributed by atoms with Gasteiger partial charge in [-0.2, -0.15) is 0 Å². The van der Waals surface area contributed by atoms with E-state index in [2.05, 4.69) is 0 Å². The molecule has 0 spiro atoms. The summed E-state index contributed by atoms with van der Waals surface area (Å²) in [6, 6.07) is 1.65. The molecule has 0 aliphatic rings. The highest BCUT2D eigenvalue weighted by atomic mass is 35.5. The van der Waals surface area contributed by atoms with Crippen LogP contribution >= 0.6 is 11.6 Å². The number of carbonyl (C=O) groups is 2. The van der Waals surface area contributed by atoms with Gasteiger partial charge in [0, 0.05) is 25.5 Å². The normalized spacial score (nSPS) is 11.2. The van der Waals surface area contributed by atoms with E-state index in [1.807, 2.05) is 0 Å². The topological polar surface area (TPSA) is 91.8 Å². The third-order valence-electron chi connectivity index (χ3n) is 2.65. The highest BCUT2D eigenvalue weighted by molar-refractivity contribution is 7.91. The van der Waals surface area contributed by atoms with Gasteiger partial charge in [-0.3, -0.25) is 4.79 Å². The second-order valence-corrected chi connectivity index (χ2v) is 6.94. The zero-order valence-corrected chi connectivity index (χ0v) is 12.8. The van der Waals surface area contributed by atoms with Crippen LogP contribution in [0.2, 0.25) is 5.02 Å². The Balaban J connectivity index is 3.20. The van der Waals surface area contributed by atoms with E-state index in [1.165, 1.54) is 19.0 Å². The first-order valence-corrected chi connectivity index (χ1v) is 7.74. The van der Waals surface area contributed by atoms with Gasteiger partial charge in [-0.05, 0) is 12.1 Å². The number of rotatable bonds is 5. The predicted molar refractivity (Wildman–Crippen MR) is 73.7 cm³/mol. The van der Waals surface area contributed by atoms with Crippen molar-refractivity contribution in [2.75, 3.05) is 19.8 Å². The summed E-state index contributed by atoms with van der Waals surface area (Å²) < 4.78 is 38.1. The van der Waals surface area contributed by atoms with Crippen LogP contribution in [0.3, 0.4) is 0 Å². The van der Waals surface area contributed by atoms with E-state index in [-0.39, 0.29) is 11.4 Å². The van der Waals surface area contributed by atoms with Crippen LogP contribution in [0.5, 0.6) is 0 Å². The molecule has 0 saturated carbocycles. The van der Waals surface area contributed by atoms with E-state index in [9.17, 15) is 22.4 Å². The fraction of sp³-hybridized carbons (Fsp3) is 0.333. The number of hydrogen-bond donors (Lipinski definition) is 1. The fourth-order valence-electron chi connectivity index (χ4n) is 1.50. The lowest BCUT2D eigenvalue weighted by Crippen LogP contribution is -2.24. The van der Waals surface area contributed by atoms with Gasteiger partial charge in [0.2, 0.25) is 5.91 Å². The fourth-order valence-corrected chi connectivity index (χ4v) is 3.14. The van der Waals surface area contributed by atoms with E-state index < -0.39 is 43.7 Å². The van der Waals surface area contributed by atoms with Crippen molar-refractivity contribution < 1.29 is 27.5 Å². The summed E-state index contributed by atoms with van der Waals surface area (Å²) in [5.41, 5.74) is -0.833.